The van der Waals surface area contributed by atoms with Crippen LogP contribution in [0.3, 0.4) is 0 Å². The summed E-state index contributed by atoms with van der Waals surface area (Å²) in [6, 6.07) is 11.7. The third-order valence-electron chi connectivity index (χ3n) is 4.37. The van der Waals surface area contributed by atoms with Crippen LogP contribution in [-0.2, 0) is 11.2 Å². The van der Waals surface area contributed by atoms with Gasteiger partial charge < -0.3 is 5.32 Å². The summed E-state index contributed by atoms with van der Waals surface area (Å²) in [6.45, 7) is 3.45. The number of hydrogen-bond donors (Lipinski definition) is 2. The molecule has 0 unspecified atom stereocenters. The maximum Gasteiger partial charge on any atom is 0.275 e. The predicted molar refractivity (Wildman–Crippen MR) is 111 cm³/mol. The second kappa shape index (κ2) is 7.36. The highest BCUT2D eigenvalue weighted by atomic mass is 32.1. The highest BCUT2D eigenvalue weighted by Crippen LogP contribution is 2.31. The first-order chi connectivity index (χ1) is 13.5. The minimum Gasteiger partial charge on any atom is -0.320 e. The monoisotopic (exact) mass is 390 g/mol. The van der Waals surface area contributed by atoms with E-state index in [0.29, 0.717) is 17.8 Å². The molecule has 2 aromatic carbocycles. The molecule has 28 heavy (non-hydrogen) atoms. The largest absolute Gasteiger partial charge is 0.320 e. The van der Waals surface area contributed by atoms with Gasteiger partial charge >= 0.3 is 0 Å². The molecule has 0 radical (unpaired) electrons. The van der Waals surface area contributed by atoms with E-state index in [1.807, 2.05) is 43.3 Å². The molecule has 2 aromatic heterocycles. The van der Waals surface area contributed by atoms with Crippen LogP contribution in [-0.4, -0.2) is 26.9 Å². The van der Waals surface area contributed by atoms with Crippen molar-refractivity contribution in [2.24, 2.45) is 0 Å². The molecule has 0 aliphatic carbocycles. The SMILES string of the molecule is CC(=O)Cc1cccc(-c2cc(NC(=O)c3csc(C)n3)c3cn[nH]c3c2)c1. The average molecular weight is 390 g/mol. The number of nitrogens with one attached hydrogen (secondary N) is 2. The summed E-state index contributed by atoms with van der Waals surface area (Å²) in [5.74, 6) is -0.137. The summed E-state index contributed by atoms with van der Waals surface area (Å²) in [6.07, 6.45) is 2.08. The number of hydrogen-bond acceptors (Lipinski definition) is 5. The third kappa shape index (κ3) is 3.70. The standard InChI is InChI=1S/C21H18N4O2S/c1-12(26)6-14-4-3-5-15(7-14)16-8-18(17-10-22-25-19(17)9-16)24-21(27)20-11-28-13(2)23-20/h3-5,7-11H,6H2,1-2H3,(H,22,25)(H,24,27). The number of carbonyl (C=O) groups is 2. The van der Waals surface area contributed by atoms with Crippen molar-refractivity contribution in [3.8, 4) is 11.1 Å². The molecule has 0 fully saturated rings. The Labute approximate surface area is 165 Å². The minimum atomic E-state index is -0.255. The number of benzene rings is 2. The molecule has 0 aliphatic heterocycles. The van der Waals surface area contributed by atoms with Crippen LogP contribution in [0, 0.1) is 6.92 Å². The normalized spacial score (nSPS) is 10.9. The molecule has 0 atom stereocenters. The van der Waals surface area contributed by atoms with E-state index in [2.05, 4.69) is 20.5 Å². The molecule has 0 spiro atoms. The van der Waals surface area contributed by atoms with Gasteiger partial charge in [-0.3, -0.25) is 14.7 Å². The van der Waals surface area contributed by atoms with Crippen LogP contribution >= 0.6 is 11.3 Å². The number of amides is 1. The molecule has 140 valence electrons. The minimum absolute atomic E-state index is 0.118. The van der Waals surface area contributed by atoms with Crippen molar-refractivity contribution < 1.29 is 9.59 Å². The lowest BCUT2D eigenvalue weighted by Gasteiger charge is -2.10. The van der Waals surface area contributed by atoms with Gasteiger partial charge in [0.2, 0.25) is 0 Å². The zero-order valence-electron chi connectivity index (χ0n) is 15.4. The van der Waals surface area contributed by atoms with E-state index in [-0.39, 0.29) is 11.7 Å². The summed E-state index contributed by atoms with van der Waals surface area (Å²) in [7, 11) is 0. The van der Waals surface area contributed by atoms with Crippen LogP contribution in [0.4, 0.5) is 5.69 Å². The fourth-order valence-electron chi connectivity index (χ4n) is 3.12. The van der Waals surface area contributed by atoms with Crippen molar-refractivity contribution in [3.63, 3.8) is 0 Å². The molecular weight excluding hydrogens is 372 g/mol. The van der Waals surface area contributed by atoms with Gasteiger partial charge in [0.15, 0.2) is 0 Å². The number of H-pyrrole nitrogens is 1. The van der Waals surface area contributed by atoms with Gasteiger partial charge in [-0.05, 0) is 42.7 Å². The van der Waals surface area contributed by atoms with Crippen molar-refractivity contribution in [1.82, 2.24) is 15.2 Å². The number of fused-ring (bicyclic) bond motifs is 1. The molecule has 6 nitrogen and oxygen atoms in total. The summed E-state index contributed by atoms with van der Waals surface area (Å²) in [5.41, 5.74) is 4.72. The number of aromatic amines is 1. The topological polar surface area (TPSA) is 87.7 Å². The molecule has 7 heteroatoms. The number of ketones is 1. The summed E-state index contributed by atoms with van der Waals surface area (Å²) < 4.78 is 0. The Balaban J connectivity index is 1.73. The van der Waals surface area contributed by atoms with E-state index in [1.54, 1.807) is 18.5 Å². The van der Waals surface area contributed by atoms with Crippen LogP contribution in [0.1, 0.15) is 28.0 Å². The van der Waals surface area contributed by atoms with Gasteiger partial charge in [0.25, 0.3) is 5.91 Å². The maximum absolute atomic E-state index is 12.6. The second-order valence-corrected chi connectivity index (χ2v) is 7.70. The highest BCUT2D eigenvalue weighted by molar-refractivity contribution is 7.09. The molecule has 2 heterocycles. The molecule has 0 aliphatic rings. The van der Waals surface area contributed by atoms with E-state index in [4.69, 9.17) is 0 Å². The maximum atomic E-state index is 12.6. The van der Waals surface area contributed by atoms with Gasteiger partial charge in [-0.1, -0.05) is 24.3 Å². The van der Waals surface area contributed by atoms with Crippen LogP contribution in [0.25, 0.3) is 22.0 Å². The zero-order chi connectivity index (χ0) is 19.7. The van der Waals surface area contributed by atoms with Crippen molar-refractivity contribution in [1.29, 1.82) is 0 Å². The Morgan fingerprint density at radius 2 is 2.04 bits per heavy atom. The van der Waals surface area contributed by atoms with Crippen molar-refractivity contribution >= 4 is 39.6 Å². The Morgan fingerprint density at radius 1 is 1.18 bits per heavy atom. The van der Waals surface area contributed by atoms with E-state index in [1.165, 1.54) is 11.3 Å². The highest BCUT2D eigenvalue weighted by Gasteiger charge is 2.14. The lowest BCUT2D eigenvalue weighted by Crippen LogP contribution is -2.12. The number of Topliss-reactive ketones (excluding diaryl/α,β-unsaturated/α-hetero) is 1. The van der Waals surface area contributed by atoms with Crippen molar-refractivity contribution in [3.05, 3.63) is 64.2 Å². The molecule has 2 N–H and O–H groups in total. The molecule has 0 saturated heterocycles. The van der Waals surface area contributed by atoms with E-state index in [9.17, 15) is 9.59 Å². The first kappa shape index (κ1) is 18.1. The van der Waals surface area contributed by atoms with Crippen LogP contribution < -0.4 is 5.32 Å². The number of nitrogens with zero attached hydrogens (tertiary/aromatic N) is 2. The van der Waals surface area contributed by atoms with E-state index >= 15 is 0 Å². The Bertz CT molecular complexity index is 1190. The lowest BCUT2D eigenvalue weighted by molar-refractivity contribution is -0.116. The molecule has 0 bridgehead atoms. The number of aryl methyl sites for hydroxylation is 1. The molecule has 4 aromatic rings. The number of carbonyl (C=O) groups excluding carboxylic acids is 2. The van der Waals surface area contributed by atoms with Gasteiger partial charge in [-0.2, -0.15) is 5.10 Å². The summed E-state index contributed by atoms with van der Waals surface area (Å²) in [5, 5.41) is 13.4. The number of thiazole rings is 1. The van der Waals surface area contributed by atoms with Gasteiger partial charge in [-0.25, -0.2) is 4.98 Å². The number of anilines is 1. The van der Waals surface area contributed by atoms with Gasteiger partial charge in [0.05, 0.1) is 22.4 Å². The number of aromatic nitrogens is 3. The number of rotatable bonds is 5. The Kier molecular flexibility index (Phi) is 4.75. The third-order valence-corrected chi connectivity index (χ3v) is 5.15. The molecule has 4 rings (SSSR count). The van der Waals surface area contributed by atoms with E-state index < -0.39 is 0 Å². The lowest BCUT2D eigenvalue weighted by atomic mass is 9.99. The second-order valence-electron chi connectivity index (χ2n) is 6.64. The zero-order valence-corrected chi connectivity index (χ0v) is 16.3. The molecule has 0 saturated carbocycles. The predicted octanol–water partition coefficient (Wildman–Crippen LogP) is 4.38. The van der Waals surface area contributed by atoms with Crippen LogP contribution in [0.5, 0.6) is 0 Å². The van der Waals surface area contributed by atoms with Gasteiger partial charge in [-0.15, -0.1) is 11.3 Å². The van der Waals surface area contributed by atoms with Crippen LogP contribution in [0.2, 0.25) is 0 Å². The summed E-state index contributed by atoms with van der Waals surface area (Å²) in [4.78, 5) is 28.3. The Morgan fingerprint density at radius 3 is 2.79 bits per heavy atom. The van der Waals surface area contributed by atoms with Crippen molar-refractivity contribution in [2.45, 2.75) is 20.3 Å². The smallest absolute Gasteiger partial charge is 0.275 e. The van der Waals surface area contributed by atoms with Gasteiger partial charge in [0.1, 0.15) is 11.5 Å². The first-order valence-corrected chi connectivity index (χ1v) is 9.67. The van der Waals surface area contributed by atoms with E-state index in [0.717, 1.165) is 32.6 Å². The van der Waals surface area contributed by atoms with Crippen LogP contribution in [0.15, 0.2) is 48.0 Å². The van der Waals surface area contributed by atoms with Crippen molar-refractivity contribution in [2.75, 3.05) is 5.32 Å². The van der Waals surface area contributed by atoms with Gasteiger partial charge in [0, 0.05) is 17.2 Å². The fourth-order valence-corrected chi connectivity index (χ4v) is 3.72. The quantitative estimate of drug-likeness (QED) is 0.529. The average Bonchev–Trinajstić information content (AvgIpc) is 3.30. The summed E-state index contributed by atoms with van der Waals surface area (Å²) >= 11 is 1.44. The Hall–Kier alpha value is -3.32. The molecule has 1 amide bonds. The molecular formula is C21H18N4O2S. The first-order valence-electron chi connectivity index (χ1n) is 8.79. The fraction of sp³-hybridized carbons (Fsp3) is 0.143.